The van der Waals surface area contributed by atoms with Gasteiger partial charge in [-0.15, -0.1) is 12.4 Å². The molecule has 2 heterocycles. The molecular weight excluding hydrogens is 276 g/mol. The fourth-order valence-corrected chi connectivity index (χ4v) is 2.41. The summed E-state index contributed by atoms with van der Waals surface area (Å²) in [6.07, 6.45) is 6.07. The summed E-state index contributed by atoms with van der Waals surface area (Å²) in [5.74, 6) is 0.0441. The quantitative estimate of drug-likeness (QED) is 0.909. The van der Waals surface area contributed by atoms with Gasteiger partial charge in [-0.3, -0.25) is 14.8 Å². The molecule has 5 nitrogen and oxygen atoms in total. The molecule has 1 saturated heterocycles. The van der Waals surface area contributed by atoms with Gasteiger partial charge in [-0.05, 0) is 37.6 Å². The van der Waals surface area contributed by atoms with Crippen LogP contribution in [0, 0.1) is 0 Å². The van der Waals surface area contributed by atoms with Crippen molar-refractivity contribution in [3.8, 4) is 0 Å². The molecule has 1 amide bonds. The van der Waals surface area contributed by atoms with Gasteiger partial charge in [-0.1, -0.05) is 0 Å². The number of hydrogen-bond donors (Lipinski definition) is 2. The van der Waals surface area contributed by atoms with Gasteiger partial charge in [0.2, 0.25) is 5.91 Å². The molecule has 0 spiro atoms. The van der Waals surface area contributed by atoms with Gasteiger partial charge in [0.1, 0.15) is 0 Å². The largest absolute Gasteiger partial charge is 0.326 e. The maximum atomic E-state index is 11.9. The van der Waals surface area contributed by atoms with Crippen LogP contribution < -0.4 is 10.6 Å². The van der Waals surface area contributed by atoms with Crippen LogP contribution in [0.25, 0.3) is 11.0 Å². The van der Waals surface area contributed by atoms with Crippen molar-refractivity contribution in [2.75, 3.05) is 11.9 Å². The van der Waals surface area contributed by atoms with Crippen molar-refractivity contribution < 1.29 is 4.79 Å². The first kappa shape index (κ1) is 14.7. The minimum Gasteiger partial charge on any atom is -0.326 e. The number of anilines is 1. The van der Waals surface area contributed by atoms with E-state index in [-0.39, 0.29) is 18.3 Å². The lowest BCUT2D eigenvalue weighted by atomic mass is 10.1. The summed E-state index contributed by atoms with van der Waals surface area (Å²) >= 11 is 0. The fraction of sp³-hybridized carbons (Fsp3) is 0.357. The maximum Gasteiger partial charge on any atom is 0.225 e. The topological polar surface area (TPSA) is 66.9 Å². The van der Waals surface area contributed by atoms with Crippen molar-refractivity contribution in [3.05, 3.63) is 30.6 Å². The van der Waals surface area contributed by atoms with Crippen molar-refractivity contribution >= 4 is 35.0 Å². The second-order valence-electron chi connectivity index (χ2n) is 4.81. The zero-order valence-corrected chi connectivity index (χ0v) is 11.8. The number of benzene rings is 1. The Morgan fingerprint density at radius 3 is 2.85 bits per heavy atom. The standard InChI is InChI=1S/C14H16N4O.ClH/c19-14(9-10-2-1-5-15-10)18-11-3-4-12-13(8-11)17-7-6-16-12;/h3-4,6-8,10,15H,1-2,5,9H2,(H,18,19);1H. The van der Waals surface area contributed by atoms with Crippen LogP contribution >= 0.6 is 12.4 Å². The van der Waals surface area contributed by atoms with Gasteiger partial charge in [0, 0.05) is 30.5 Å². The molecule has 1 fully saturated rings. The minimum absolute atomic E-state index is 0. The van der Waals surface area contributed by atoms with E-state index in [0.717, 1.165) is 36.1 Å². The third kappa shape index (κ3) is 3.43. The van der Waals surface area contributed by atoms with Crippen molar-refractivity contribution in [3.63, 3.8) is 0 Å². The molecule has 0 saturated carbocycles. The summed E-state index contributed by atoms with van der Waals surface area (Å²) in [5.41, 5.74) is 2.40. The molecule has 2 aromatic rings. The number of aromatic nitrogens is 2. The summed E-state index contributed by atoms with van der Waals surface area (Å²) in [5, 5.41) is 6.23. The summed E-state index contributed by atoms with van der Waals surface area (Å²) in [6, 6.07) is 5.89. The molecule has 6 heteroatoms. The van der Waals surface area contributed by atoms with Crippen molar-refractivity contribution in [1.82, 2.24) is 15.3 Å². The van der Waals surface area contributed by atoms with Gasteiger partial charge in [0.15, 0.2) is 0 Å². The zero-order chi connectivity index (χ0) is 13.1. The Bertz CT molecular complexity index is 598. The van der Waals surface area contributed by atoms with Gasteiger partial charge in [-0.2, -0.15) is 0 Å². The minimum atomic E-state index is 0. The van der Waals surface area contributed by atoms with Crippen LogP contribution in [0.4, 0.5) is 5.69 Å². The molecule has 1 atom stereocenters. The highest BCUT2D eigenvalue weighted by molar-refractivity contribution is 5.93. The Morgan fingerprint density at radius 1 is 1.30 bits per heavy atom. The lowest BCUT2D eigenvalue weighted by Crippen LogP contribution is -2.27. The van der Waals surface area contributed by atoms with Crippen LogP contribution in [0.3, 0.4) is 0 Å². The molecular formula is C14H17ClN4O. The van der Waals surface area contributed by atoms with E-state index in [4.69, 9.17) is 0 Å². The molecule has 20 heavy (non-hydrogen) atoms. The molecule has 1 unspecified atom stereocenters. The highest BCUT2D eigenvalue weighted by Crippen LogP contribution is 2.16. The molecule has 1 aliphatic rings. The van der Waals surface area contributed by atoms with Gasteiger partial charge >= 0.3 is 0 Å². The van der Waals surface area contributed by atoms with E-state index in [1.165, 1.54) is 0 Å². The van der Waals surface area contributed by atoms with Gasteiger partial charge in [-0.25, -0.2) is 0 Å². The van der Waals surface area contributed by atoms with Crippen molar-refractivity contribution in [1.29, 1.82) is 0 Å². The van der Waals surface area contributed by atoms with Gasteiger partial charge in [0.25, 0.3) is 0 Å². The molecule has 1 aromatic heterocycles. The lowest BCUT2D eigenvalue weighted by molar-refractivity contribution is -0.116. The summed E-state index contributed by atoms with van der Waals surface area (Å²) in [7, 11) is 0. The first-order chi connectivity index (χ1) is 9.31. The number of carbonyl (C=O) groups is 1. The number of hydrogen-bond acceptors (Lipinski definition) is 4. The third-order valence-electron chi connectivity index (χ3n) is 3.35. The van der Waals surface area contributed by atoms with Crippen LogP contribution in [0.1, 0.15) is 19.3 Å². The molecule has 1 aromatic carbocycles. The average molecular weight is 293 g/mol. The molecule has 3 rings (SSSR count). The van der Waals surface area contributed by atoms with E-state index in [9.17, 15) is 4.79 Å². The Kier molecular flexibility index (Phi) is 4.87. The van der Waals surface area contributed by atoms with E-state index in [1.54, 1.807) is 12.4 Å². The second-order valence-corrected chi connectivity index (χ2v) is 4.81. The number of amides is 1. The zero-order valence-electron chi connectivity index (χ0n) is 11.0. The summed E-state index contributed by atoms with van der Waals surface area (Å²) in [6.45, 7) is 1.02. The molecule has 2 N–H and O–H groups in total. The van der Waals surface area contributed by atoms with Crippen LogP contribution in [-0.2, 0) is 4.79 Å². The lowest BCUT2D eigenvalue weighted by Gasteiger charge is -2.10. The highest BCUT2D eigenvalue weighted by atomic mass is 35.5. The maximum absolute atomic E-state index is 11.9. The average Bonchev–Trinajstić information content (AvgIpc) is 2.91. The van der Waals surface area contributed by atoms with Gasteiger partial charge < -0.3 is 10.6 Å². The number of nitrogens with one attached hydrogen (secondary N) is 2. The molecule has 0 radical (unpaired) electrons. The van der Waals surface area contributed by atoms with E-state index in [2.05, 4.69) is 20.6 Å². The van der Waals surface area contributed by atoms with E-state index >= 15 is 0 Å². The fourth-order valence-electron chi connectivity index (χ4n) is 2.41. The van der Waals surface area contributed by atoms with Crippen molar-refractivity contribution in [2.45, 2.75) is 25.3 Å². The number of halogens is 1. The Balaban J connectivity index is 0.00000147. The van der Waals surface area contributed by atoms with Gasteiger partial charge in [0.05, 0.1) is 11.0 Å². The number of fused-ring (bicyclic) bond motifs is 1. The first-order valence-corrected chi connectivity index (χ1v) is 6.55. The van der Waals surface area contributed by atoms with E-state index < -0.39 is 0 Å². The number of carbonyl (C=O) groups excluding carboxylic acids is 1. The molecule has 1 aliphatic heterocycles. The predicted octanol–water partition coefficient (Wildman–Crippen LogP) is 2.13. The molecule has 0 aliphatic carbocycles. The summed E-state index contributed by atoms with van der Waals surface area (Å²) < 4.78 is 0. The Morgan fingerprint density at radius 2 is 2.10 bits per heavy atom. The number of nitrogens with zero attached hydrogens (tertiary/aromatic N) is 2. The van der Waals surface area contributed by atoms with Crippen LogP contribution in [-0.4, -0.2) is 28.5 Å². The third-order valence-corrected chi connectivity index (χ3v) is 3.35. The Hall–Kier alpha value is -1.72. The Labute approximate surface area is 123 Å². The summed E-state index contributed by atoms with van der Waals surface area (Å²) in [4.78, 5) is 20.3. The van der Waals surface area contributed by atoms with E-state index in [0.29, 0.717) is 12.5 Å². The first-order valence-electron chi connectivity index (χ1n) is 6.55. The van der Waals surface area contributed by atoms with E-state index in [1.807, 2.05) is 18.2 Å². The smallest absolute Gasteiger partial charge is 0.225 e. The van der Waals surface area contributed by atoms with Crippen molar-refractivity contribution in [2.24, 2.45) is 0 Å². The highest BCUT2D eigenvalue weighted by Gasteiger charge is 2.17. The predicted molar refractivity (Wildman–Crippen MR) is 81.1 cm³/mol. The molecule has 0 bridgehead atoms. The SMILES string of the molecule is Cl.O=C(CC1CCCN1)Nc1ccc2nccnc2c1. The van der Waals surface area contributed by atoms with Crippen LogP contribution in [0.2, 0.25) is 0 Å². The van der Waals surface area contributed by atoms with Crippen LogP contribution in [0.5, 0.6) is 0 Å². The number of rotatable bonds is 3. The normalized spacial score (nSPS) is 17.7. The van der Waals surface area contributed by atoms with Crippen LogP contribution in [0.15, 0.2) is 30.6 Å². The monoisotopic (exact) mass is 292 g/mol. The second kappa shape index (κ2) is 6.63. The molecule has 106 valence electrons.